The smallest absolute Gasteiger partial charge is 0.177 e. The number of fused-ring (bicyclic) bond motifs is 1. The van der Waals surface area contributed by atoms with Crippen LogP contribution in [-0.4, -0.2) is 11.1 Å². The van der Waals surface area contributed by atoms with Gasteiger partial charge < -0.3 is 10.4 Å². The molecule has 0 bridgehead atoms. The molecule has 2 heteroatoms. The Morgan fingerprint density at radius 2 is 2.33 bits per heavy atom. The molecule has 64 valence electrons. The highest BCUT2D eigenvalue weighted by molar-refractivity contribution is 5.51. The average molecular weight is 164 g/mol. The average Bonchev–Trinajstić information content (AvgIpc) is 2.07. The third-order valence-electron chi connectivity index (χ3n) is 2.49. The molecule has 1 atom stereocenters. The molecular weight excluding hydrogens is 150 g/mol. The maximum Gasteiger partial charge on any atom is 0.177 e. The summed E-state index contributed by atoms with van der Waals surface area (Å²) in [7, 11) is 0. The second-order valence-electron chi connectivity index (χ2n) is 3.53. The molecule has 1 aliphatic rings. The van der Waals surface area contributed by atoms with Crippen LogP contribution >= 0.6 is 0 Å². The number of nitrogens with two attached hydrogens (primary N) is 1. The third-order valence-corrected chi connectivity index (χ3v) is 2.49. The van der Waals surface area contributed by atoms with E-state index in [2.05, 4.69) is 18.3 Å². The molecule has 0 radical (unpaired) electrons. The number of aryl methyl sites for hydroxylation is 1. The van der Waals surface area contributed by atoms with E-state index >= 15 is 0 Å². The number of rotatable bonds is 0. The zero-order chi connectivity index (χ0) is 8.55. The van der Waals surface area contributed by atoms with Crippen LogP contribution < -0.4 is 5.32 Å². The summed E-state index contributed by atoms with van der Waals surface area (Å²) in [5, 5.41) is 11.7. The minimum atomic E-state index is 0.430. The van der Waals surface area contributed by atoms with E-state index in [-0.39, 0.29) is 0 Å². The molecule has 2 rings (SSSR count). The van der Waals surface area contributed by atoms with Crippen LogP contribution in [0.4, 0.5) is 5.69 Å². The summed E-state index contributed by atoms with van der Waals surface area (Å²) in [6.07, 6.45) is 2.30. The first kappa shape index (κ1) is 7.62. The van der Waals surface area contributed by atoms with E-state index in [1.54, 1.807) is 6.07 Å². The number of para-hydroxylation sites is 1. The van der Waals surface area contributed by atoms with Gasteiger partial charge in [-0.1, -0.05) is 12.1 Å². The summed E-state index contributed by atoms with van der Waals surface area (Å²) in [4.78, 5) is 0. The van der Waals surface area contributed by atoms with Gasteiger partial charge in [0.2, 0.25) is 0 Å². The van der Waals surface area contributed by atoms with Gasteiger partial charge in [-0.3, -0.25) is 0 Å². The normalized spacial score (nSPS) is 21.9. The quantitative estimate of drug-likeness (QED) is 0.434. The number of phenols is 1. The first-order valence-electron chi connectivity index (χ1n) is 4.43. The summed E-state index contributed by atoms with van der Waals surface area (Å²) in [6, 6.07) is 6.37. The lowest BCUT2D eigenvalue weighted by Crippen LogP contribution is -2.85. The van der Waals surface area contributed by atoms with Crippen LogP contribution in [0.2, 0.25) is 0 Å². The van der Waals surface area contributed by atoms with Gasteiger partial charge >= 0.3 is 0 Å². The Morgan fingerprint density at radius 1 is 1.50 bits per heavy atom. The molecule has 0 aliphatic carbocycles. The van der Waals surface area contributed by atoms with E-state index in [1.165, 1.54) is 12.0 Å². The van der Waals surface area contributed by atoms with Crippen molar-refractivity contribution in [2.75, 3.05) is 0 Å². The van der Waals surface area contributed by atoms with Gasteiger partial charge in [-0.05, 0) is 19.4 Å². The number of phenolic OH excluding ortho intramolecular Hbond substituents is 1. The van der Waals surface area contributed by atoms with Gasteiger partial charge in [0.25, 0.3) is 0 Å². The Balaban J connectivity index is 2.43. The van der Waals surface area contributed by atoms with Crippen LogP contribution in [0.3, 0.4) is 0 Å². The molecule has 0 fully saturated rings. The van der Waals surface area contributed by atoms with Crippen LogP contribution in [0.5, 0.6) is 5.75 Å². The van der Waals surface area contributed by atoms with Crippen molar-refractivity contribution in [1.29, 1.82) is 0 Å². The molecule has 0 amide bonds. The van der Waals surface area contributed by atoms with Gasteiger partial charge in [0.15, 0.2) is 11.4 Å². The van der Waals surface area contributed by atoms with Gasteiger partial charge in [0.1, 0.15) is 0 Å². The Morgan fingerprint density at radius 3 is 3.17 bits per heavy atom. The summed E-state index contributed by atoms with van der Waals surface area (Å²) in [5.74, 6) is 0.430. The van der Waals surface area contributed by atoms with Gasteiger partial charge in [0, 0.05) is 12.0 Å². The van der Waals surface area contributed by atoms with Crippen LogP contribution in [0.15, 0.2) is 18.2 Å². The number of aromatic hydroxyl groups is 1. The molecule has 0 saturated heterocycles. The summed E-state index contributed by atoms with van der Waals surface area (Å²) in [5.41, 5.74) is 2.34. The second kappa shape index (κ2) is 2.79. The number of hydrogen-bond acceptors (Lipinski definition) is 1. The van der Waals surface area contributed by atoms with Crippen molar-refractivity contribution in [2.45, 2.75) is 25.8 Å². The van der Waals surface area contributed by atoms with E-state index in [0.717, 1.165) is 12.1 Å². The predicted octanol–water partition coefficient (Wildman–Crippen LogP) is 0.922. The predicted molar refractivity (Wildman–Crippen MR) is 47.5 cm³/mol. The van der Waals surface area contributed by atoms with E-state index in [4.69, 9.17) is 0 Å². The van der Waals surface area contributed by atoms with Gasteiger partial charge in [-0.25, -0.2) is 0 Å². The van der Waals surface area contributed by atoms with Gasteiger partial charge in [-0.2, -0.15) is 0 Å². The lowest BCUT2D eigenvalue weighted by atomic mass is 9.99. The number of quaternary nitrogens is 1. The molecule has 1 aromatic rings. The molecular formula is C10H14NO+. The molecule has 1 aromatic carbocycles. The topological polar surface area (TPSA) is 36.8 Å². The minimum absolute atomic E-state index is 0.430. The molecule has 12 heavy (non-hydrogen) atoms. The zero-order valence-electron chi connectivity index (χ0n) is 7.25. The van der Waals surface area contributed by atoms with Crippen molar-refractivity contribution < 1.29 is 10.4 Å². The first-order chi connectivity index (χ1) is 5.77. The molecule has 0 saturated carbocycles. The lowest BCUT2D eigenvalue weighted by molar-refractivity contribution is -0.612. The molecule has 1 unspecified atom stereocenters. The van der Waals surface area contributed by atoms with E-state index in [1.807, 2.05) is 6.07 Å². The van der Waals surface area contributed by atoms with Crippen molar-refractivity contribution in [2.24, 2.45) is 0 Å². The third kappa shape index (κ3) is 1.18. The molecule has 1 aliphatic heterocycles. The Labute approximate surface area is 72.2 Å². The monoisotopic (exact) mass is 164 g/mol. The Hall–Kier alpha value is -1.02. The minimum Gasteiger partial charge on any atom is -0.503 e. The van der Waals surface area contributed by atoms with Crippen LogP contribution in [0.1, 0.15) is 18.9 Å². The Bertz CT molecular complexity index is 296. The Kier molecular flexibility index (Phi) is 1.77. The number of hydrogen-bond donors (Lipinski definition) is 2. The highest BCUT2D eigenvalue weighted by Crippen LogP contribution is 2.26. The highest BCUT2D eigenvalue weighted by Gasteiger charge is 2.20. The standard InChI is InChI=1S/C10H13NO/c1-7-5-6-8-3-2-4-9(12)10(8)11-7/h2-4,7,11-12H,5-6H2,1H3/p+1. The fourth-order valence-electron chi connectivity index (χ4n) is 1.76. The fraction of sp³-hybridized carbons (Fsp3) is 0.400. The largest absolute Gasteiger partial charge is 0.503 e. The fourth-order valence-corrected chi connectivity index (χ4v) is 1.76. The van der Waals surface area contributed by atoms with Gasteiger partial charge in [0.05, 0.1) is 6.04 Å². The van der Waals surface area contributed by atoms with Crippen molar-refractivity contribution in [3.63, 3.8) is 0 Å². The molecule has 2 nitrogen and oxygen atoms in total. The molecule has 0 spiro atoms. The summed E-state index contributed by atoms with van der Waals surface area (Å²) in [6.45, 7) is 2.19. The molecule has 1 heterocycles. The maximum absolute atomic E-state index is 9.54. The first-order valence-corrected chi connectivity index (χ1v) is 4.43. The van der Waals surface area contributed by atoms with E-state index in [9.17, 15) is 5.11 Å². The number of benzene rings is 1. The van der Waals surface area contributed by atoms with Crippen LogP contribution in [0.25, 0.3) is 0 Å². The van der Waals surface area contributed by atoms with Crippen molar-refractivity contribution in [1.82, 2.24) is 0 Å². The lowest BCUT2D eigenvalue weighted by Gasteiger charge is -2.19. The van der Waals surface area contributed by atoms with E-state index < -0.39 is 0 Å². The van der Waals surface area contributed by atoms with Crippen molar-refractivity contribution >= 4 is 5.69 Å². The molecule has 3 N–H and O–H groups in total. The molecule has 0 aromatic heterocycles. The summed E-state index contributed by atoms with van der Waals surface area (Å²) >= 11 is 0. The second-order valence-corrected chi connectivity index (χ2v) is 3.53. The van der Waals surface area contributed by atoms with Crippen LogP contribution in [-0.2, 0) is 6.42 Å². The summed E-state index contributed by atoms with van der Waals surface area (Å²) < 4.78 is 0. The maximum atomic E-state index is 9.54. The van der Waals surface area contributed by atoms with Crippen LogP contribution in [0, 0.1) is 0 Å². The van der Waals surface area contributed by atoms with Crippen molar-refractivity contribution in [3.05, 3.63) is 23.8 Å². The SMILES string of the molecule is CC1CCc2cccc(O)c2[NH2+]1. The highest BCUT2D eigenvalue weighted by atomic mass is 16.3. The zero-order valence-corrected chi connectivity index (χ0v) is 7.25. The van der Waals surface area contributed by atoms with E-state index in [0.29, 0.717) is 11.8 Å². The van der Waals surface area contributed by atoms with Crippen molar-refractivity contribution in [3.8, 4) is 5.75 Å². The van der Waals surface area contributed by atoms with Gasteiger partial charge in [-0.15, -0.1) is 0 Å².